The van der Waals surface area contributed by atoms with E-state index in [0.29, 0.717) is 23.0 Å². The summed E-state index contributed by atoms with van der Waals surface area (Å²) >= 11 is 0. The molecule has 21 heavy (non-hydrogen) atoms. The average molecular weight is 288 g/mol. The molecule has 3 saturated carbocycles. The lowest BCUT2D eigenvalue weighted by Crippen LogP contribution is -2.50. The Labute approximate surface area is 128 Å². The maximum atomic E-state index is 12.4. The molecule has 4 aliphatic rings. The fourth-order valence-corrected chi connectivity index (χ4v) is 6.41. The first kappa shape index (κ1) is 14.0. The SMILES string of the molecule is CC12CCC(O)CC1=CCC1C2CC[C@@]2(C)C(=O)CCC12. The molecular weight excluding hydrogens is 260 g/mol. The molecule has 0 aromatic heterocycles. The Morgan fingerprint density at radius 1 is 1.10 bits per heavy atom. The molecule has 1 N–H and O–H groups in total. The second kappa shape index (κ2) is 4.44. The first-order chi connectivity index (χ1) is 9.95. The maximum absolute atomic E-state index is 12.4. The lowest BCUT2D eigenvalue weighted by atomic mass is 9.48. The normalized spacial score (nSPS) is 52.7. The number of carbonyl (C=O) groups excluding carboxylic acids is 1. The van der Waals surface area contributed by atoms with E-state index in [4.69, 9.17) is 0 Å². The van der Waals surface area contributed by atoms with Crippen molar-refractivity contribution in [1.82, 2.24) is 0 Å². The highest BCUT2D eigenvalue weighted by Crippen LogP contribution is 2.63. The van der Waals surface area contributed by atoms with Crippen molar-refractivity contribution in [3.63, 3.8) is 0 Å². The Morgan fingerprint density at radius 3 is 2.62 bits per heavy atom. The molecule has 0 saturated heterocycles. The second-order valence-electron chi connectivity index (χ2n) is 8.57. The number of fused-ring (bicyclic) bond motifs is 5. The van der Waals surface area contributed by atoms with Gasteiger partial charge in [0.05, 0.1) is 6.10 Å². The maximum Gasteiger partial charge on any atom is 0.139 e. The number of hydrogen-bond acceptors (Lipinski definition) is 2. The molecule has 0 aromatic carbocycles. The van der Waals surface area contributed by atoms with E-state index < -0.39 is 0 Å². The summed E-state index contributed by atoms with van der Waals surface area (Å²) < 4.78 is 0. The molecule has 3 fully saturated rings. The number of carbonyl (C=O) groups is 1. The smallest absolute Gasteiger partial charge is 0.139 e. The lowest BCUT2D eigenvalue weighted by Gasteiger charge is -2.56. The minimum atomic E-state index is -0.122. The van der Waals surface area contributed by atoms with Crippen LogP contribution in [0.3, 0.4) is 0 Å². The van der Waals surface area contributed by atoms with Crippen LogP contribution in [0, 0.1) is 28.6 Å². The van der Waals surface area contributed by atoms with Crippen molar-refractivity contribution in [3.8, 4) is 0 Å². The number of aliphatic hydroxyl groups is 1. The van der Waals surface area contributed by atoms with Gasteiger partial charge in [-0.2, -0.15) is 0 Å². The minimum Gasteiger partial charge on any atom is -0.393 e. The summed E-state index contributed by atoms with van der Waals surface area (Å²) in [6, 6.07) is 0. The average Bonchev–Trinajstić information content (AvgIpc) is 2.76. The van der Waals surface area contributed by atoms with Crippen LogP contribution in [0.2, 0.25) is 0 Å². The summed E-state index contributed by atoms with van der Waals surface area (Å²) in [6.07, 6.45) is 10.7. The lowest BCUT2D eigenvalue weighted by molar-refractivity contribution is -0.132. The first-order valence-corrected chi connectivity index (χ1v) is 8.86. The van der Waals surface area contributed by atoms with Gasteiger partial charge < -0.3 is 5.11 Å². The molecule has 0 aromatic rings. The van der Waals surface area contributed by atoms with Crippen molar-refractivity contribution < 1.29 is 9.90 Å². The molecule has 6 atom stereocenters. The van der Waals surface area contributed by atoms with E-state index in [0.717, 1.165) is 50.9 Å². The fraction of sp³-hybridized carbons (Fsp3) is 0.842. The molecule has 116 valence electrons. The zero-order valence-electron chi connectivity index (χ0n) is 13.4. The van der Waals surface area contributed by atoms with Gasteiger partial charge in [-0.15, -0.1) is 0 Å². The van der Waals surface area contributed by atoms with Gasteiger partial charge in [-0.05, 0) is 68.1 Å². The van der Waals surface area contributed by atoms with Gasteiger partial charge in [0.2, 0.25) is 0 Å². The summed E-state index contributed by atoms with van der Waals surface area (Å²) in [5.41, 5.74) is 1.81. The van der Waals surface area contributed by atoms with Crippen molar-refractivity contribution in [2.75, 3.05) is 0 Å². The molecule has 4 aliphatic carbocycles. The van der Waals surface area contributed by atoms with Gasteiger partial charge >= 0.3 is 0 Å². The van der Waals surface area contributed by atoms with Crippen molar-refractivity contribution in [1.29, 1.82) is 0 Å². The van der Waals surface area contributed by atoms with E-state index in [1.165, 1.54) is 12.0 Å². The number of Topliss-reactive ketones (excluding diaryl/α,β-unsaturated/α-hetero) is 1. The van der Waals surface area contributed by atoms with Crippen LogP contribution in [-0.2, 0) is 4.79 Å². The second-order valence-corrected chi connectivity index (χ2v) is 8.57. The zero-order valence-corrected chi connectivity index (χ0v) is 13.4. The molecule has 0 bridgehead atoms. The molecule has 0 aliphatic heterocycles. The van der Waals surface area contributed by atoms with Crippen LogP contribution in [0.4, 0.5) is 0 Å². The van der Waals surface area contributed by atoms with E-state index in [9.17, 15) is 9.90 Å². The van der Waals surface area contributed by atoms with Gasteiger partial charge in [0.1, 0.15) is 5.78 Å². The first-order valence-electron chi connectivity index (χ1n) is 8.86. The van der Waals surface area contributed by atoms with E-state index in [2.05, 4.69) is 19.9 Å². The summed E-state index contributed by atoms with van der Waals surface area (Å²) in [5.74, 6) is 2.60. The van der Waals surface area contributed by atoms with Crippen molar-refractivity contribution in [2.45, 2.75) is 71.3 Å². The van der Waals surface area contributed by atoms with E-state index in [-0.39, 0.29) is 11.5 Å². The Balaban J connectivity index is 1.69. The van der Waals surface area contributed by atoms with Crippen molar-refractivity contribution in [2.24, 2.45) is 28.6 Å². The number of aliphatic hydroxyl groups excluding tert-OH is 1. The van der Waals surface area contributed by atoms with Crippen LogP contribution in [0.25, 0.3) is 0 Å². The summed E-state index contributed by atoms with van der Waals surface area (Å²) in [4.78, 5) is 12.4. The van der Waals surface area contributed by atoms with Crippen LogP contribution >= 0.6 is 0 Å². The van der Waals surface area contributed by atoms with Crippen LogP contribution in [0.5, 0.6) is 0 Å². The Kier molecular flexibility index (Phi) is 2.96. The third-order valence-corrected chi connectivity index (χ3v) is 7.79. The third-order valence-electron chi connectivity index (χ3n) is 7.79. The largest absolute Gasteiger partial charge is 0.393 e. The zero-order chi connectivity index (χ0) is 14.8. The summed E-state index contributed by atoms with van der Waals surface area (Å²) in [7, 11) is 0. The number of hydrogen-bond donors (Lipinski definition) is 1. The Hall–Kier alpha value is -0.630. The summed E-state index contributed by atoms with van der Waals surface area (Å²) in [6.45, 7) is 4.69. The number of rotatable bonds is 0. The van der Waals surface area contributed by atoms with Crippen molar-refractivity contribution in [3.05, 3.63) is 11.6 Å². The van der Waals surface area contributed by atoms with E-state index >= 15 is 0 Å². The molecular formula is C19H28O2. The standard InChI is InChI=1S/C19H28O2/c1-18-9-7-13(20)11-12(18)3-4-14-15-5-6-17(21)19(15,2)10-8-16(14)18/h3,13-16,20H,4-11H2,1-2H3/t13?,14?,15?,16?,18?,19-/m1/s1. The summed E-state index contributed by atoms with van der Waals surface area (Å²) in [5, 5.41) is 10.00. The van der Waals surface area contributed by atoms with E-state index in [1.807, 2.05) is 0 Å². The van der Waals surface area contributed by atoms with Crippen molar-refractivity contribution >= 4 is 5.78 Å². The van der Waals surface area contributed by atoms with Crippen LogP contribution in [-0.4, -0.2) is 17.0 Å². The molecule has 0 spiro atoms. The molecule has 2 heteroatoms. The highest BCUT2D eigenvalue weighted by molar-refractivity contribution is 5.87. The monoisotopic (exact) mass is 288 g/mol. The fourth-order valence-electron chi connectivity index (χ4n) is 6.41. The molecule has 2 nitrogen and oxygen atoms in total. The van der Waals surface area contributed by atoms with Gasteiger partial charge in [0.15, 0.2) is 0 Å². The van der Waals surface area contributed by atoms with Gasteiger partial charge in [-0.25, -0.2) is 0 Å². The van der Waals surface area contributed by atoms with E-state index in [1.54, 1.807) is 0 Å². The molecule has 0 radical (unpaired) electrons. The topological polar surface area (TPSA) is 37.3 Å². The van der Waals surface area contributed by atoms with Gasteiger partial charge in [-0.3, -0.25) is 4.79 Å². The quantitative estimate of drug-likeness (QED) is 0.687. The molecule has 4 rings (SSSR count). The van der Waals surface area contributed by atoms with Gasteiger partial charge in [-0.1, -0.05) is 25.5 Å². The van der Waals surface area contributed by atoms with Crippen LogP contribution in [0.1, 0.15) is 65.2 Å². The number of allylic oxidation sites excluding steroid dienone is 1. The molecule has 0 heterocycles. The predicted octanol–water partition coefficient (Wildman–Crippen LogP) is 3.88. The Morgan fingerprint density at radius 2 is 1.81 bits per heavy atom. The van der Waals surface area contributed by atoms with Gasteiger partial charge in [0.25, 0.3) is 0 Å². The van der Waals surface area contributed by atoms with Crippen LogP contribution in [0.15, 0.2) is 11.6 Å². The Bertz CT molecular complexity index is 508. The molecule has 0 amide bonds. The van der Waals surface area contributed by atoms with Crippen LogP contribution < -0.4 is 0 Å². The molecule has 5 unspecified atom stereocenters. The number of ketones is 1. The highest BCUT2D eigenvalue weighted by atomic mass is 16.3. The minimum absolute atomic E-state index is 0.0168. The third kappa shape index (κ3) is 1.78. The van der Waals surface area contributed by atoms with Gasteiger partial charge in [0, 0.05) is 11.8 Å². The predicted molar refractivity (Wildman–Crippen MR) is 82.7 cm³/mol. The highest BCUT2D eigenvalue weighted by Gasteiger charge is 2.58.